The van der Waals surface area contributed by atoms with Gasteiger partial charge in [-0.2, -0.15) is 0 Å². The number of carbonyl (C=O) groups is 4. The molecule has 528 valence electrons. The Morgan fingerprint density at radius 3 is 0.511 bits per heavy atom. The molecular weight excluding hydrogens is 1190 g/mol. The van der Waals surface area contributed by atoms with Crippen LogP contribution in [0.4, 0.5) is 0 Å². The van der Waals surface area contributed by atoms with E-state index in [4.69, 9.17) is 39.4 Å². The van der Waals surface area contributed by atoms with Gasteiger partial charge in [-0.3, -0.25) is 19.2 Å². The zero-order valence-corrected chi connectivity index (χ0v) is 61.8. The van der Waals surface area contributed by atoms with E-state index < -0.39 is 131 Å². The van der Waals surface area contributed by atoms with Crippen LogP contribution in [0.3, 0.4) is 0 Å². The minimum absolute atomic E-state index is 0.0629. The number of carbonyl (C=O) groups excluding carboxylic acids is 4. The third-order valence-electron chi connectivity index (χ3n) is 17.1. The number of aromatic hydroxyl groups is 4. The minimum atomic E-state index is -1.58. The molecule has 0 saturated heterocycles. The highest BCUT2D eigenvalue weighted by atomic mass is 16.6. The molecule has 4 rings (SSSR count). The molecule has 0 aliphatic carbocycles. The Kier molecular flexibility index (Phi) is 27.7. The van der Waals surface area contributed by atoms with E-state index in [-0.39, 0.29) is 74.4 Å². The quantitative estimate of drug-likeness (QED) is 0.0239. The number of rotatable bonds is 24. The van der Waals surface area contributed by atoms with Crippen LogP contribution < -0.4 is 0 Å². The van der Waals surface area contributed by atoms with Gasteiger partial charge in [0.15, 0.2) is 0 Å². The summed E-state index contributed by atoms with van der Waals surface area (Å²) in [6.07, 6.45) is 0.854. The standard InChI is InChI=1S/C73H108O12.C5H12O4/c1-65(2,3)49-33-45(34-50(61(49)78)66(4,5)6)25-29-57(74)82-41-73(42-83-58(75)30-26-46-35-51(67(7,8)9)62(79)52(36-46)68(10,11)12,43-84-59(76)31-27-47-37-53(69(13,14)15)63(80)54(38-47)70(16,17)18)44-85-60(77)32-28-48-39-55(71(19,20)21)64(81)56(40-48)72(22,23)24;6-1-5(2-7,3-8)4-9/h33-40,78-81H,25-32,41-44H2,1-24H3;6-9H,1-4H2. The van der Waals surface area contributed by atoms with E-state index in [0.717, 1.165) is 66.8 Å². The number of phenols is 4. The summed E-state index contributed by atoms with van der Waals surface area (Å²) in [6, 6.07) is 15.4. The van der Waals surface area contributed by atoms with Gasteiger partial charge >= 0.3 is 23.9 Å². The average molecular weight is 1310 g/mol. The van der Waals surface area contributed by atoms with Gasteiger partial charge in [0.2, 0.25) is 0 Å². The summed E-state index contributed by atoms with van der Waals surface area (Å²) >= 11 is 0. The Labute approximate surface area is 563 Å². The maximum atomic E-state index is 14.1. The van der Waals surface area contributed by atoms with Crippen LogP contribution >= 0.6 is 0 Å². The number of aliphatic hydroxyl groups excluding tert-OH is 4. The van der Waals surface area contributed by atoms with Crippen LogP contribution in [0.15, 0.2) is 48.5 Å². The molecule has 94 heavy (non-hydrogen) atoms. The summed E-state index contributed by atoms with van der Waals surface area (Å²) in [5.74, 6) is -1.49. The molecule has 0 saturated carbocycles. The topological polar surface area (TPSA) is 267 Å². The third-order valence-corrected chi connectivity index (χ3v) is 17.1. The summed E-state index contributed by atoms with van der Waals surface area (Å²) in [6.45, 7) is 45.1. The van der Waals surface area contributed by atoms with E-state index in [1.807, 2.05) is 215 Å². The number of aliphatic hydroxyl groups is 4. The second-order valence-corrected chi connectivity index (χ2v) is 34.4. The van der Waals surface area contributed by atoms with Crippen LogP contribution in [0, 0.1) is 10.8 Å². The Balaban J connectivity index is 0.00000237. The van der Waals surface area contributed by atoms with Crippen molar-refractivity contribution in [3.05, 3.63) is 115 Å². The van der Waals surface area contributed by atoms with Gasteiger partial charge in [0.05, 0.1) is 31.8 Å². The fourth-order valence-corrected chi connectivity index (χ4v) is 10.7. The summed E-state index contributed by atoms with van der Waals surface area (Å²) in [5.41, 5.74) is 3.51. The summed E-state index contributed by atoms with van der Waals surface area (Å²) in [4.78, 5) is 56.4. The first-order valence-electron chi connectivity index (χ1n) is 33.2. The van der Waals surface area contributed by atoms with Crippen molar-refractivity contribution in [2.45, 2.75) is 261 Å². The summed E-state index contributed by atoms with van der Waals surface area (Å²) in [5, 5.41) is 79.7. The first-order valence-corrected chi connectivity index (χ1v) is 33.2. The molecule has 16 heteroatoms. The molecule has 0 spiro atoms. The van der Waals surface area contributed by atoms with Gasteiger partial charge in [0.1, 0.15) is 54.8 Å². The maximum Gasteiger partial charge on any atom is 0.306 e. The maximum absolute atomic E-state index is 14.1. The molecular formula is C78H120O16. The van der Waals surface area contributed by atoms with Crippen molar-refractivity contribution in [3.63, 3.8) is 0 Å². The Morgan fingerprint density at radius 2 is 0.404 bits per heavy atom. The predicted octanol–water partition coefficient (Wildman–Crippen LogP) is 13.8. The Bertz CT molecular complexity index is 2640. The molecule has 0 amide bonds. The predicted molar refractivity (Wildman–Crippen MR) is 372 cm³/mol. The monoisotopic (exact) mass is 1310 g/mol. The van der Waals surface area contributed by atoms with Gasteiger partial charge in [-0.15, -0.1) is 0 Å². The minimum Gasteiger partial charge on any atom is -0.507 e. The molecule has 4 aromatic rings. The lowest BCUT2D eigenvalue weighted by molar-refractivity contribution is -0.170. The lowest BCUT2D eigenvalue weighted by atomic mass is 9.78. The van der Waals surface area contributed by atoms with Gasteiger partial charge < -0.3 is 59.8 Å². The lowest BCUT2D eigenvalue weighted by Gasteiger charge is -2.32. The second-order valence-electron chi connectivity index (χ2n) is 34.4. The molecule has 8 N–H and O–H groups in total. The first-order chi connectivity index (χ1) is 42.7. The molecule has 4 aromatic carbocycles. The SMILES string of the molecule is CC(C)(C)c1cc(CCC(=O)OCC(COC(=O)CCc2cc(C(C)(C)C)c(O)c(C(C)(C)C)c2)(COC(=O)CCc2cc(C(C)(C)C)c(O)c(C(C)(C)C)c2)COC(=O)CCc2cc(C(C)(C)C)c(O)c(C(C)(C)C)c2)cc(C(C)(C)C)c1O.OCC(CO)(CO)CO. The fraction of sp³-hybridized carbons (Fsp3) is 0.641. The highest BCUT2D eigenvalue weighted by Crippen LogP contribution is 2.44. The number of aryl methyl sites for hydroxylation is 4. The van der Waals surface area contributed by atoms with E-state index in [1.165, 1.54) is 0 Å². The molecule has 0 fully saturated rings. The fourth-order valence-electron chi connectivity index (χ4n) is 10.7. The van der Waals surface area contributed by atoms with Crippen LogP contribution in [0.2, 0.25) is 0 Å². The van der Waals surface area contributed by atoms with Gasteiger partial charge in [0, 0.05) is 25.7 Å². The van der Waals surface area contributed by atoms with Crippen molar-refractivity contribution in [1.82, 2.24) is 0 Å². The zero-order valence-electron chi connectivity index (χ0n) is 61.8. The summed E-state index contributed by atoms with van der Waals surface area (Å²) < 4.78 is 24.4. The summed E-state index contributed by atoms with van der Waals surface area (Å²) in [7, 11) is 0. The average Bonchev–Trinajstić information content (AvgIpc) is 0.806. The second kappa shape index (κ2) is 31.8. The number of phenolic OH excluding ortho intramolecular Hbond substituents is 4. The van der Waals surface area contributed by atoms with Gasteiger partial charge in [0.25, 0.3) is 0 Å². The number of benzene rings is 4. The highest BCUT2D eigenvalue weighted by molar-refractivity contribution is 5.72. The number of hydrogen-bond donors (Lipinski definition) is 8. The molecule has 16 nitrogen and oxygen atoms in total. The van der Waals surface area contributed by atoms with E-state index in [0.29, 0.717) is 0 Å². The van der Waals surface area contributed by atoms with Crippen molar-refractivity contribution in [3.8, 4) is 23.0 Å². The van der Waals surface area contributed by atoms with Crippen LogP contribution in [-0.2, 0) is 107 Å². The molecule has 0 unspecified atom stereocenters. The molecule has 0 radical (unpaired) electrons. The van der Waals surface area contributed by atoms with E-state index in [9.17, 15) is 39.6 Å². The van der Waals surface area contributed by atoms with Gasteiger partial charge in [-0.1, -0.05) is 215 Å². The van der Waals surface area contributed by atoms with Crippen LogP contribution in [0.5, 0.6) is 23.0 Å². The van der Waals surface area contributed by atoms with Gasteiger partial charge in [-0.25, -0.2) is 0 Å². The first kappa shape index (κ1) is 82.0. The van der Waals surface area contributed by atoms with Crippen molar-refractivity contribution in [2.75, 3.05) is 52.9 Å². The van der Waals surface area contributed by atoms with Crippen LogP contribution in [0.25, 0.3) is 0 Å². The molecule has 0 bridgehead atoms. The van der Waals surface area contributed by atoms with Gasteiger partial charge in [-0.05, 0) is 136 Å². The van der Waals surface area contributed by atoms with Crippen molar-refractivity contribution >= 4 is 23.9 Å². The third kappa shape index (κ3) is 23.6. The number of esters is 4. The van der Waals surface area contributed by atoms with E-state index in [2.05, 4.69) is 0 Å². The molecule has 0 aromatic heterocycles. The largest absolute Gasteiger partial charge is 0.507 e. The van der Waals surface area contributed by atoms with Crippen LogP contribution in [-0.4, -0.2) is 118 Å². The zero-order chi connectivity index (χ0) is 72.3. The number of hydrogen-bond acceptors (Lipinski definition) is 16. The van der Waals surface area contributed by atoms with E-state index in [1.54, 1.807) is 0 Å². The lowest BCUT2D eigenvalue weighted by Crippen LogP contribution is -2.44. The molecule has 0 aliphatic heterocycles. The molecule has 0 heterocycles. The molecule has 0 aliphatic rings. The Morgan fingerprint density at radius 1 is 0.266 bits per heavy atom. The van der Waals surface area contributed by atoms with Crippen LogP contribution in [0.1, 0.15) is 259 Å². The number of ether oxygens (including phenoxy) is 4. The van der Waals surface area contributed by atoms with Crippen molar-refractivity contribution in [1.29, 1.82) is 0 Å². The normalized spacial score (nSPS) is 13.1. The smallest absolute Gasteiger partial charge is 0.306 e. The highest BCUT2D eigenvalue weighted by Gasteiger charge is 2.39. The van der Waals surface area contributed by atoms with E-state index >= 15 is 0 Å². The van der Waals surface area contributed by atoms with Crippen molar-refractivity contribution < 1.29 is 79.0 Å². The van der Waals surface area contributed by atoms with Crippen molar-refractivity contribution in [2.24, 2.45) is 10.8 Å². The molecule has 0 atom stereocenters. The Hall–Kier alpha value is -6.20.